The molecule has 162 valence electrons. The second-order valence-corrected chi connectivity index (χ2v) is 9.72. The smallest absolute Gasteiger partial charge is 0.331 e. The third kappa shape index (κ3) is 4.13. The van der Waals surface area contributed by atoms with Gasteiger partial charge in [-0.2, -0.15) is 5.26 Å². The van der Waals surface area contributed by atoms with Crippen molar-refractivity contribution in [2.75, 3.05) is 39.3 Å². The van der Waals surface area contributed by atoms with Crippen molar-refractivity contribution in [3.8, 4) is 6.07 Å². The summed E-state index contributed by atoms with van der Waals surface area (Å²) in [6, 6.07) is 12.5. The summed E-state index contributed by atoms with van der Waals surface area (Å²) in [5.41, 5.74) is 0.315. The maximum absolute atomic E-state index is 13.8. The zero-order valence-corrected chi connectivity index (χ0v) is 18.4. The third-order valence-electron chi connectivity index (χ3n) is 7.94. The van der Waals surface area contributed by atoms with Crippen LogP contribution < -0.4 is 0 Å². The number of ether oxygens (including phenoxy) is 1. The number of likely N-dealkylation sites (tertiary alicyclic amines) is 1. The predicted octanol–water partition coefficient (Wildman–Crippen LogP) is 3.84. The molecule has 0 aromatic heterocycles. The number of esters is 1. The first-order chi connectivity index (χ1) is 14.6. The largest absolute Gasteiger partial charge is 0.454 e. The maximum atomic E-state index is 13.8. The van der Waals surface area contributed by atoms with E-state index < -0.39 is 5.54 Å². The van der Waals surface area contributed by atoms with E-state index in [1.165, 1.54) is 19.5 Å². The summed E-state index contributed by atoms with van der Waals surface area (Å²) >= 11 is 0. The number of fused-ring (bicyclic) bond motifs is 3. The molecule has 4 heterocycles. The number of carbonyl (C=O) groups is 1. The van der Waals surface area contributed by atoms with Crippen LogP contribution in [0.3, 0.4) is 0 Å². The summed E-state index contributed by atoms with van der Waals surface area (Å²) in [4.78, 5) is 16.1. The van der Waals surface area contributed by atoms with E-state index in [0.717, 1.165) is 68.3 Å². The summed E-state index contributed by atoms with van der Waals surface area (Å²) in [6.45, 7) is 8.27. The van der Waals surface area contributed by atoms with Gasteiger partial charge < -0.3 is 9.22 Å². The van der Waals surface area contributed by atoms with Crippen LogP contribution in [0.25, 0.3) is 0 Å². The molecule has 2 bridgehead atoms. The van der Waals surface area contributed by atoms with Gasteiger partial charge in [-0.3, -0.25) is 4.90 Å². The van der Waals surface area contributed by atoms with Crippen LogP contribution in [0.2, 0.25) is 0 Å². The molecule has 5 heteroatoms. The van der Waals surface area contributed by atoms with E-state index in [0.29, 0.717) is 12.3 Å². The molecule has 0 aliphatic carbocycles. The van der Waals surface area contributed by atoms with Crippen LogP contribution in [0.4, 0.5) is 0 Å². The van der Waals surface area contributed by atoms with Crippen LogP contribution >= 0.6 is 0 Å². The molecule has 5 rings (SSSR count). The van der Waals surface area contributed by atoms with Crippen molar-refractivity contribution < 1.29 is 14.0 Å². The fraction of sp³-hybridized carbons (Fsp3) is 0.680. The van der Waals surface area contributed by atoms with Gasteiger partial charge in [-0.25, -0.2) is 4.79 Å². The fourth-order valence-electron chi connectivity index (χ4n) is 5.95. The molecule has 4 aliphatic heterocycles. The number of hydrogen-bond acceptors (Lipinski definition) is 4. The summed E-state index contributed by atoms with van der Waals surface area (Å²) in [5, 5.41) is 8.92. The van der Waals surface area contributed by atoms with Crippen molar-refractivity contribution >= 4 is 5.97 Å². The Balaban J connectivity index is 1.52. The molecule has 4 fully saturated rings. The fourth-order valence-corrected chi connectivity index (χ4v) is 5.95. The van der Waals surface area contributed by atoms with Gasteiger partial charge in [-0.1, -0.05) is 36.8 Å². The first-order valence-electron chi connectivity index (χ1n) is 11.8. The van der Waals surface area contributed by atoms with Gasteiger partial charge in [0.05, 0.1) is 25.7 Å². The highest BCUT2D eigenvalue weighted by Crippen LogP contribution is 2.38. The molecule has 2 atom stereocenters. The number of quaternary nitrogens is 1. The monoisotopic (exact) mass is 410 g/mol. The van der Waals surface area contributed by atoms with Gasteiger partial charge in [-0.15, -0.1) is 0 Å². The molecule has 4 saturated heterocycles. The molecule has 0 spiro atoms. The average Bonchev–Trinajstić information content (AvgIpc) is 2.80. The van der Waals surface area contributed by atoms with Crippen LogP contribution in [0.5, 0.6) is 0 Å². The van der Waals surface area contributed by atoms with Gasteiger partial charge in [0, 0.05) is 31.6 Å². The Kier molecular flexibility index (Phi) is 6.46. The van der Waals surface area contributed by atoms with Crippen molar-refractivity contribution in [2.24, 2.45) is 5.92 Å². The maximum Gasteiger partial charge on any atom is 0.331 e. The molecule has 0 saturated carbocycles. The van der Waals surface area contributed by atoms with E-state index in [4.69, 9.17) is 10.00 Å². The number of carbonyl (C=O) groups excluding carboxylic acids is 1. The van der Waals surface area contributed by atoms with Crippen LogP contribution in [0.1, 0.15) is 57.4 Å². The average molecular weight is 411 g/mol. The molecular weight excluding hydrogens is 374 g/mol. The lowest BCUT2D eigenvalue weighted by molar-refractivity contribution is -0.946. The molecule has 30 heavy (non-hydrogen) atoms. The standard InChI is InChI=1S/C25H36N3O2/c1-25(22-10-4-2-5-11-22,27-15-7-3-8-16-27)24(29)30-23-20-28(17-9-6-14-26)18-12-21(23)13-19-28/h2,4-5,10-11,21,23H,3,6-9,12-13,15-20H2,1H3/q+1/t21?,23-,25-,28?/m0/s1. The quantitative estimate of drug-likeness (QED) is 0.389. The number of rotatable bonds is 7. The van der Waals surface area contributed by atoms with E-state index >= 15 is 0 Å². The van der Waals surface area contributed by atoms with E-state index in [2.05, 4.69) is 30.0 Å². The predicted molar refractivity (Wildman–Crippen MR) is 116 cm³/mol. The Hall–Kier alpha value is -1.90. The Morgan fingerprint density at radius 3 is 2.57 bits per heavy atom. The lowest BCUT2D eigenvalue weighted by atomic mass is 9.82. The van der Waals surface area contributed by atoms with Gasteiger partial charge in [0.1, 0.15) is 12.1 Å². The minimum absolute atomic E-state index is 0.00918. The van der Waals surface area contributed by atoms with Crippen molar-refractivity contribution in [2.45, 2.75) is 63.5 Å². The molecule has 4 aliphatic rings. The van der Waals surface area contributed by atoms with Gasteiger partial charge in [0.2, 0.25) is 0 Å². The third-order valence-corrected chi connectivity index (χ3v) is 7.94. The number of piperidine rings is 4. The van der Waals surface area contributed by atoms with E-state index in [-0.39, 0.29) is 12.1 Å². The number of unbranched alkanes of at least 4 members (excludes halogenated alkanes) is 1. The lowest BCUT2D eigenvalue weighted by Gasteiger charge is -2.52. The molecule has 0 amide bonds. The number of nitriles is 1. The van der Waals surface area contributed by atoms with Crippen molar-refractivity contribution in [3.05, 3.63) is 35.9 Å². The zero-order valence-electron chi connectivity index (χ0n) is 18.4. The minimum Gasteiger partial charge on any atom is -0.454 e. The van der Waals surface area contributed by atoms with E-state index in [9.17, 15) is 4.79 Å². The highest BCUT2D eigenvalue weighted by Gasteiger charge is 2.50. The summed E-state index contributed by atoms with van der Waals surface area (Å²) in [6.07, 6.45) is 7.36. The number of nitrogens with zero attached hydrogens (tertiary/aromatic N) is 3. The summed E-state index contributed by atoms with van der Waals surface area (Å²) in [5.74, 6) is 0.413. The van der Waals surface area contributed by atoms with Crippen molar-refractivity contribution in [3.63, 3.8) is 0 Å². The minimum atomic E-state index is -0.723. The Morgan fingerprint density at radius 1 is 1.20 bits per heavy atom. The van der Waals surface area contributed by atoms with E-state index in [1.54, 1.807) is 0 Å². The topological polar surface area (TPSA) is 53.3 Å². The first kappa shape index (κ1) is 21.3. The second kappa shape index (κ2) is 9.08. The molecule has 1 aromatic rings. The SMILES string of the molecule is C[C@@](C(=O)O[C@H]1C[N+]2(CCCC#N)CCC1CC2)(c1ccccc1)N1CCCCC1. The zero-order chi connectivity index (χ0) is 21.0. The number of benzene rings is 1. The van der Waals surface area contributed by atoms with Gasteiger partial charge in [0.25, 0.3) is 0 Å². The normalized spacial score (nSPS) is 30.9. The Labute approximate surface area is 181 Å². The molecule has 0 N–H and O–H groups in total. The number of hydrogen-bond donors (Lipinski definition) is 0. The molecule has 0 radical (unpaired) electrons. The van der Waals surface area contributed by atoms with Crippen LogP contribution in [0.15, 0.2) is 30.3 Å². The van der Waals surface area contributed by atoms with Gasteiger partial charge >= 0.3 is 5.97 Å². The Morgan fingerprint density at radius 2 is 1.90 bits per heavy atom. The van der Waals surface area contributed by atoms with Crippen LogP contribution in [-0.4, -0.2) is 60.7 Å². The van der Waals surface area contributed by atoms with Crippen molar-refractivity contribution in [1.29, 1.82) is 5.26 Å². The lowest BCUT2D eigenvalue weighted by Crippen LogP contribution is -2.65. The van der Waals surface area contributed by atoms with Crippen molar-refractivity contribution in [1.82, 2.24) is 4.90 Å². The van der Waals surface area contributed by atoms with Gasteiger partial charge in [0.15, 0.2) is 6.10 Å². The van der Waals surface area contributed by atoms with Crippen LogP contribution in [-0.2, 0) is 15.1 Å². The Bertz CT molecular complexity index is 760. The summed E-state index contributed by atoms with van der Waals surface area (Å²) in [7, 11) is 0. The second-order valence-electron chi connectivity index (χ2n) is 9.72. The molecular formula is C25H36N3O2+. The molecule has 5 nitrogen and oxygen atoms in total. The van der Waals surface area contributed by atoms with E-state index in [1.807, 2.05) is 18.2 Å². The van der Waals surface area contributed by atoms with Gasteiger partial charge in [-0.05, 0) is 38.4 Å². The highest BCUT2D eigenvalue weighted by molar-refractivity contribution is 5.82. The first-order valence-corrected chi connectivity index (χ1v) is 11.8. The molecule has 0 unspecified atom stereocenters. The summed E-state index contributed by atoms with van der Waals surface area (Å²) < 4.78 is 7.40. The highest BCUT2D eigenvalue weighted by atomic mass is 16.5. The van der Waals surface area contributed by atoms with Crippen LogP contribution in [0, 0.1) is 17.2 Å². The molecule has 1 aromatic carbocycles.